The molecule has 4 nitrogen and oxygen atoms in total. The molecule has 19 heavy (non-hydrogen) atoms. The van der Waals surface area contributed by atoms with E-state index in [0.717, 1.165) is 29.2 Å². The molecule has 1 aliphatic rings. The summed E-state index contributed by atoms with van der Waals surface area (Å²) in [7, 11) is 0. The summed E-state index contributed by atoms with van der Waals surface area (Å²) in [6.45, 7) is 1.36. The van der Waals surface area contributed by atoms with Gasteiger partial charge in [0.15, 0.2) is 23.5 Å². The summed E-state index contributed by atoms with van der Waals surface area (Å²) in [5.41, 5.74) is 1.07. The Labute approximate surface area is 110 Å². The monoisotopic (exact) mass is 258 g/mol. The first-order valence-electron chi connectivity index (χ1n) is 6.27. The number of ether oxygens (including phenoxy) is 2. The number of fused-ring (bicyclic) bond motifs is 1. The first-order valence-corrected chi connectivity index (χ1v) is 6.27. The van der Waals surface area contributed by atoms with Crippen LogP contribution >= 0.6 is 0 Å². The maximum atomic E-state index is 10.6. The number of benzene rings is 1. The SMILES string of the molecule is O=Cc1ccc(Cc2ccc3c(c2)OCCCO3)o1. The predicted molar refractivity (Wildman–Crippen MR) is 69.0 cm³/mol. The van der Waals surface area contributed by atoms with Gasteiger partial charge in [-0.1, -0.05) is 6.07 Å². The molecule has 0 aliphatic carbocycles. The van der Waals surface area contributed by atoms with Crippen LogP contribution in [0, 0.1) is 0 Å². The average Bonchev–Trinajstić information content (AvgIpc) is 2.75. The smallest absolute Gasteiger partial charge is 0.185 e. The Bertz CT molecular complexity index is 586. The van der Waals surface area contributed by atoms with E-state index >= 15 is 0 Å². The first-order chi connectivity index (χ1) is 9.35. The highest BCUT2D eigenvalue weighted by molar-refractivity contribution is 5.70. The Morgan fingerprint density at radius 3 is 2.68 bits per heavy atom. The molecule has 1 aromatic carbocycles. The lowest BCUT2D eigenvalue weighted by Crippen LogP contribution is -1.97. The number of carbonyl (C=O) groups excluding carboxylic acids is 1. The van der Waals surface area contributed by atoms with Crippen molar-refractivity contribution in [2.24, 2.45) is 0 Å². The zero-order chi connectivity index (χ0) is 13.1. The van der Waals surface area contributed by atoms with E-state index in [1.807, 2.05) is 24.3 Å². The van der Waals surface area contributed by atoms with Crippen LogP contribution in [0.1, 0.15) is 28.3 Å². The Balaban J connectivity index is 1.81. The third kappa shape index (κ3) is 2.62. The summed E-state index contributed by atoms with van der Waals surface area (Å²) in [4.78, 5) is 10.6. The van der Waals surface area contributed by atoms with Crippen molar-refractivity contribution in [2.75, 3.05) is 13.2 Å². The Morgan fingerprint density at radius 1 is 1.05 bits per heavy atom. The van der Waals surface area contributed by atoms with E-state index in [1.165, 1.54) is 0 Å². The van der Waals surface area contributed by atoms with Crippen LogP contribution in [0.2, 0.25) is 0 Å². The number of rotatable bonds is 3. The van der Waals surface area contributed by atoms with E-state index in [2.05, 4.69) is 0 Å². The van der Waals surface area contributed by atoms with E-state index < -0.39 is 0 Å². The van der Waals surface area contributed by atoms with E-state index in [0.29, 0.717) is 31.7 Å². The second kappa shape index (κ2) is 5.18. The first kappa shape index (κ1) is 11.8. The molecule has 2 aromatic rings. The number of carbonyl (C=O) groups is 1. The molecule has 0 spiro atoms. The normalized spacial score (nSPS) is 13.9. The van der Waals surface area contributed by atoms with Crippen LogP contribution in [-0.2, 0) is 6.42 Å². The summed E-state index contributed by atoms with van der Waals surface area (Å²) in [5, 5.41) is 0. The van der Waals surface area contributed by atoms with Crippen molar-refractivity contribution in [2.45, 2.75) is 12.8 Å². The fourth-order valence-corrected chi connectivity index (χ4v) is 2.07. The van der Waals surface area contributed by atoms with Gasteiger partial charge in [0.1, 0.15) is 5.76 Å². The average molecular weight is 258 g/mol. The van der Waals surface area contributed by atoms with Crippen LogP contribution in [0.4, 0.5) is 0 Å². The molecular weight excluding hydrogens is 244 g/mol. The van der Waals surface area contributed by atoms with E-state index in [1.54, 1.807) is 6.07 Å². The minimum absolute atomic E-state index is 0.351. The summed E-state index contributed by atoms with van der Waals surface area (Å²) < 4.78 is 16.6. The lowest BCUT2D eigenvalue weighted by atomic mass is 10.1. The molecular formula is C15H14O4. The molecule has 0 radical (unpaired) electrons. The molecule has 0 atom stereocenters. The molecule has 3 rings (SSSR count). The third-order valence-corrected chi connectivity index (χ3v) is 2.99. The summed E-state index contributed by atoms with van der Waals surface area (Å²) >= 11 is 0. The fourth-order valence-electron chi connectivity index (χ4n) is 2.07. The van der Waals surface area contributed by atoms with Crippen LogP contribution in [0.25, 0.3) is 0 Å². The third-order valence-electron chi connectivity index (χ3n) is 2.99. The van der Waals surface area contributed by atoms with Gasteiger partial charge in [-0.25, -0.2) is 0 Å². The Hall–Kier alpha value is -2.23. The molecule has 1 aliphatic heterocycles. The second-order valence-corrected chi connectivity index (χ2v) is 4.43. The lowest BCUT2D eigenvalue weighted by molar-refractivity contribution is 0.109. The minimum Gasteiger partial charge on any atom is -0.490 e. The van der Waals surface area contributed by atoms with Gasteiger partial charge < -0.3 is 13.9 Å². The standard InChI is InChI=1S/C15H14O4/c16-10-13-4-3-12(19-13)8-11-2-5-14-15(9-11)18-7-1-6-17-14/h2-5,9-10H,1,6-8H2. The van der Waals surface area contributed by atoms with Gasteiger partial charge in [0.2, 0.25) is 0 Å². The summed E-state index contributed by atoms with van der Waals surface area (Å²) in [6.07, 6.45) is 2.23. The summed E-state index contributed by atoms with van der Waals surface area (Å²) in [5.74, 6) is 2.67. The molecule has 0 fully saturated rings. The lowest BCUT2D eigenvalue weighted by Gasteiger charge is -2.08. The number of hydrogen-bond donors (Lipinski definition) is 0. The van der Waals surface area contributed by atoms with Gasteiger partial charge in [0.05, 0.1) is 13.2 Å². The second-order valence-electron chi connectivity index (χ2n) is 4.43. The number of aldehydes is 1. The van der Waals surface area contributed by atoms with Crippen molar-refractivity contribution in [1.82, 2.24) is 0 Å². The number of furan rings is 1. The molecule has 0 unspecified atom stereocenters. The van der Waals surface area contributed by atoms with Crippen molar-refractivity contribution in [3.63, 3.8) is 0 Å². The van der Waals surface area contributed by atoms with Crippen molar-refractivity contribution >= 4 is 6.29 Å². The van der Waals surface area contributed by atoms with Crippen molar-refractivity contribution in [3.8, 4) is 11.5 Å². The Kier molecular flexibility index (Phi) is 3.23. The maximum absolute atomic E-state index is 10.6. The topological polar surface area (TPSA) is 48.7 Å². The Morgan fingerprint density at radius 2 is 1.89 bits per heavy atom. The summed E-state index contributed by atoms with van der Waals surface area (Å²) in [6, 6.07) is 9.35. The molecule has 1 aromatic heterocycles. The molecule has 0 N–H and O–H groups in total. The highest BCUT2D eigenvalue weighted by Gasteiger charge is 2.11. The van der Waals surface area contributed by atoms with Crippen LogP contribution in [0.5, 0.6) is 11.5 Å². The van der Waals surface area contributed by atoms with E-state index in [9.17, 15) is 4.79 Å². The van der Waals surface area contributed by atoms with Crippen LogP contribution in [-0.4, -0.2) is 19.5 Å². The van der Waals surface area contributed by atoms with Gasteiger partial charge in [-0.2, -0.15) is 0 Å². The van der Waals surface area contributed by atoms with Crippen molar-refractivity contribution < 1.29 is 18.7 Å². The fraction of sp³-hybridized carbons (Fsp3) is 0.267. The van der Waals surface area contributed by atoms with Crippen LogP contribution < -0.4 is 9.47 Å². The van der Waals surface area contributed by atoms with Crippen LogP contribution in [0.3, 0.4) is 0 Å². The molecule has 2 heterocycles. The maximum Gasteiger partial charge on any atom is 0.185 e. The van der Waals surface area contributed by atoms with Gasteiger partial charge in [-0.3, -0.25) is 4.79 Å². The molecule has 0 saturated heterocycles. The molecule has 0 amide bonds. The molecule has 0 bridgehead atoms. The van der Waals surface area contributed by atoms with Crippen molar-refractivity contribution in [3.05, 3.63) is 47.4 Å². The zero-order valence-electron chi connectivity index (χ0n) is 10.4. The zero-order valence-corrected chi connectivity index (χ0v) is 10.4. The van der Waals surface area contributed by atoms with Gasteiger partial charge in [0.25, 0.3) is 0 Å². The minimum atomic E-state index is 0.351. The largest absolute Gasteiger partial charge is 0.490 e. The van der Waals surface area contributed by atoms with Gasteiger partial charge in [-0.05, 0) is 29.8 Å². The highest BCUT2D eigenvalue weighted by atomic mass is 16.5. The van der Waals surface area contributed by atoms with E-state index in [4.69, 9.17) is 13.9 Å². The number of hydrogen-bond acceptors (Lipinski definition) is 4. The van der Waals surface area contributed by atoms with Crippen LogP contribution in [0.15, 0.2) is 34.7 Å². The van der Waals surface area contributed by atoms with Crippen molar-refractivity contribution in [1.29, 1.82) is 0 Å². The predicted octanol–water partition coefficient (Wildman–Crippen LogP) is 2.84. The van der Waals surface area contributed by atoms with Gasteiger partial charge in [-0.15, -0.1) is 0 Å². The quantitative estimate of drug-likeness (QED) is 0.794. The molecule has 98 valence electrons. The highest BCUT2D eigenvalue weighted by Crippen LogP contribution is 2.31. The molecule has 4 heteroatoms. The van der Waals surface area contributed by atoms with Gasteiger partial charge in [0, 0.05) is 12.8 Å². The molecule has 0 saturated carbocycles. The van der Waals surface area contributed by atoms with E-state index in [-0.39, 0.29) is 0 Å². The van der Waals surface area contributed by atoms with Gasteiger partial charge >= 0.3 is 0 Å².